The van der Waals surface area contributed by atoms with Crippen LogP contribution in [-0.4, -0.2) is 75.9 Å². The zero-order valence-corrected chi connectivity index (χ0v) is 27.4. The van der Waals surface area contributed by atoms with Crippen LogP contribution < -0.4 is 0 Å². The van der Waals surface area contributed by atoms with Gasteiger partial charge < -0.3 is 34.3 Å². The second kappa shape index (κ2) is 13.0. The molecule has 2 bridgehead atoms. The van der Waals surface area contributed by atoms with Crippen LogP contribution in [0.3, 0.4) is 0 Å². The van der Waals surface area contributed by atoms with E-state index in [0.29, 0.717) is 29.9 Å². The normalized spacial score (nSPS) is 46.8. The fraction of sp³-hybridized carbons (Fsp3) is 0.694. The molecule has 0 amide bonds. The van der Waals surface area contributed by atoms with Gasteiger partial charge in [-0.1, -0.05) is 69.7 Å². The van der Waals surface area contributed by atoms with Gasteiger partial charge >= 0.3 is 5.97 Å². The maximum atomic E-state index is 14.0. The number of ether oxygens (including phenoxy) is 4. The highest BCUT2D eigenvalue weighted by Crippen LogP contribution is 2.47. The van der Waals surface area contributed by atoms with Crippen LogP contribution >= 0.6 is 0 Å². The molecule has 3 saturated heterocycles. The smallest absolute Gasteiger partial charge is 0.316 e. The number of hydrogen-bond acceptors (Lipinski definition) is 8. The van der Waals surface area contributed by atoms with E-state index in [4.69, 9.17) is 18.9 Å². The lowest BCUT2D eigenvalue weighted by Gasteiger charge is -2.51. The third-order valence-corrected chi connectivity index (χ3v) is 10.1. The van der Waals surface area contributed by atoms with Crippen LogP contribution in [0.1, 0.15) is 80.6 Å². The Balaban J connectivity index is 1.52. The average Bonchev–Trinajstić information content (AvgIpc) is 3.27. The SMILES string of the molecule is CC1=C[C@H]2C(=O)O[C@H]3C[C@@H](C/C=[14C](\[14CH3])[14CH2][14C@@H]([14CH3])/[14CH]=C/C=[14C]4\[14CH2]OC([C@@H]1O)[14C@]24O)O[C@]1(C3)C[C@H](O)[C@H](C)[14C@@H](/[14C]([14CH3])=C/C(C)C)O1. The number of fused-ring (bicyclic) bond motifs is 2. The molecule has 0 radical (unpaired) electrons. The zero-order chi connectivity index (χ0) is 32.0. The second-order valence-corrected chi connectivity index (χ2v) is 14.4. The minimum Gasteiger partial charge on any atom is -0.462 e. The van der Waals surface area contributed by atoms with Crippen molar-refractivity contribution in [2.75, 3.05) is 6.61 Å². The third-order valence-electron chi connectivity index (χ3n) is 10.1. The highest BCUT2D eigenvalue weighted by atomic mass is 16.8. The van der Waals surface area contributed by atoms with Gasteiger partial charge in [-0.05, 0) is 62.2 Å². The predicted octanol–water partition coefficient (Wildman–Crippen LogP) is 5.09. The molecule has 3 N–H and O–H groups in total. The molecular formula is C36H52O8. The molecule has 4 heterocycles. The maximum Gasteiger partial charge on any atom is 0.316 e. The highest BCUT2D eigenvalue weighted by molar-refractivity contribution is 5.78. The van der Waals surface area contributed by atoms with E-state index >= 15 is 0 Å². The van der Waals surface area contributed by atoms with E-state index in [1.807, 2.05) is 26.0 Å². The van der Waals surface area contributed by atoms with E-state index in [1.165, 1.54) is 5.57 Å². The maximum absolute atomic E-state index is 14.0. The molecule has 4 aliphatic heterocycles. The summed E-state index contributed by atoms with van der Waals surface area (Å²) in [5, 5.41) is 34.3. The van der Waals surface area contributed by atoms with E-state index in [0.717, 1.165) is 12.0 Å². The van der Waals surface area contributed by atoms with Crippen LogP contribution in [-0.2, 0) is 23.7 Å². The first kappa shape index (κ1) is 33.3. The Morgan fingerprint density at radius 1 is 1.32 bits per heavy atom. The van der Waals surface area contributed by atoms with Crippen molar-refractivity contribution in [3.05, 3.63) is 58.7 Å². The van der Waals surface area contributed by atoms with Crippen molar-refractivity contribution < 1.29 is 39.1 Å². The molecule has 1 unspecified atom stereocenters. The quantitative estimate of drug-likeness (QED) is 0.284. The van der Waals surface area contributed by atoms with Crippen LogP contribution in [0.5, 0.6) is 0 Å². The molecule has 11 atom stereocenters. The van der Waals surface area contributed by atoms with Gasteiger partial charge in [-0.15, -0.1) is 0 Å². The third kappa shape index (κ3) is 6.58. The molecule has 8 nitrogen and oxygen atoms in total. The lowest BCUT2D eigenvalue weighted by Crippen LogP contribution is -2.59. The minimum absolute atomic E-state index is 0.109. The van der Waals surface area contributed by atoms with Crippen molar-refractivity contribution in [1.82, 2.24) is 0 Å². The van der Waals surface area contributed by atoms with Crippen LogP contribution in [0, 0.1) is 23.7 Å². The Labute approximate surface area is 262 Å². The number of aliphatic hydroxyl groups is 3. The van der Waals surface area contributed by atoms with Crippen molar-refractivity contribution in [3.63, 3.8) is 0 Å². The van der Waals surface area contributed by atoms with E-state index in [2.05, 4.69) is 45.9 Å². The number of esters is 1. The van der Waals surface area contributed by atoms with E-state index in [-0.39, 0.29) is 43.5 Å². The van der Waals surface area contributed by atoms with Gasteiger partial charge in [0.15, 0.2) is 5.79 Å². The van der Waals surface area contributed by atoms with E-state index in [1.54, 1.807) is 13.0 Å². The topological polar surface area (TPSA) is 115 Å². The molecule has 0 aromatic carbocycles. The summed E-state index contributed by atoms with van der Waals surface area (Å²) >= 11 is 0. The molecule has 0 aromatic rings. The fourth-order valence-corrected chi connectivity index (χ4v) is 7.85. The lowest BCUT2D eigenvalue weighted by atomic mass is 9.90. The van der Waals surface area contributed by atoms with Crippen LogP contribution in [0.4, 0.5) is 0 Å². The van der Waals surface area contributed by atoms with Crippen LogP contribution in [0.2, 0.25) is 0 Å². The molecule has 3 fully saturated rings. The van der Waals surface area contributed by atoms with Gasteiger partial charge in [0.25, 0.3) is 0 Å². The Morgan fingerprint density at radius 3 is 2.80 bits per heavy atom. The van der Waals surface area contributed by atoms with Gasteiger partial charge in [-0.25, -0.2) is 0 Å². The lowest BCUT2D eigenvalue weighted by molar-refractivity contribution is -0.342. The molecule has 8 heteroatoms. The summed E-state index contributed by atoms with van der Waals surface area (Å²) in [7, 11) is 0. The average molecular weight is 637 g/mol. The molecule has 0 aromatic heterocycles. The summed E-state index contributed by atoms with van der Waals surface area (Å²) in [6, 6.07) is 0. The monoisotopic (exact) mass is 636 g/mol. The molecule has 5 aliphatic rings. The largest absolute Gasteiger partial charge is 0.462 e. The number of aliphatic hydroxyl groups excluding tert-OH is 2. The Morgan fingerprint density at radius 2 is 2.07 bits per heavy atom. The van der Waals surface area contributed by atoms with E-state index in [9.17, 15) is 20.1 Å². The molecule has 1 spiro atoms. The van der Waals surface area contributed by atoms with Gasteiger partial charge in [-0.3, -0.25) is 4.79 Å². The van der Waals surface area contributed by atoms with Crippen LogP contribution in [0.25, 0.3) is 0 Å². The first-order valence-electron chi connectivity index (χ1n) is 16.4. The van der Waals surface area contributed by atoms with Crippen molar-refractivity contribution in [2.45, 2.75) is 129 Å². The van der Waals surface area contributed by atoms with Crippen LogP contribution in [0.15, 0.2) is 58.7 Å². The summed E-state index contributed by atoms with van der Waals surface area (Å²) in [6.07, 6.45) is 10.4. The van der Waals surface area contributed by atoms with Gasteiger partial charge in [0, 0.05) is 25.2 Å². The molecule has 244 valence electrons. The number of rotatable bonds is 2. The number of hydrogen-bond donors (Lipinski definition) is 3. The molecule has 5 rings (SSSR count). The predicted molar refractivity (Wildman–Crippen MR) is 167 cm³/mol. The van der Waals surface area contributed by atoms with Crippen molar-refractivity contribution >= 4 is 5.97 Å². The van der Waals surface area contributed by atoms with Gasteiger partial charge in [0.1, 0.15) is 29.8 Å². The zero-order valence-electron chi connectivity index (χ0n) is 27.4. The number of allylic oxidation sites excluding steroid dienone is 5. The number of carbonyl (C=O) groups excluding carboxylic acids is 1. The first-order valence-corrected chi connectivity index (χ1v) is 16.4. The summed E-state index contributed by atoms with van der Waals surface area (Å²) in [5.41, 5.74) is 1.64. The highest BCUT2D eigenvalue weighted by Gasteiger charge is 2.60. The summed E-state index contributed by atoms with van der Waals surface area (Å²) in [6.45, 7) is 14.4. The minimum atomic E-state index is -1.74. The molecular weight excluding hydrogens is 584 g/mol. The molecule has 1 aliphatic carbocycles. The summed E-state index contributed by atoms with van der Waals surface area (Å²) in [5.74, 6) is -2.31. The second-order valence-electron chi connectivity index (χ2n) is 14.4. The Bertz CT molecular complexity index is 1240. The van der Waals surface area contributed by atoms with Crippen molar-refractivity contribution in [3.8, 4) is 0 Å². The van der Waals surface area contributed by atoms with Gasteiger partial charge in [-0.2, -0.15) is 0 Å². The molecule has 0 saturated carbocycles. The van der Waals surface area contributed by atoms with Gasteiger partial charge in [0.05, 0.1) is 24.9 Å². The molecule has 44 heavy (non-hydrogen) atoms. The standard InChI is InChI=1S/C36H52O8/c1-20(2)13-24(6)32-25(7)30(37)18-35(44-32)17-28-16-27(43-35)12-11-22(4)14-21(3)9-8-10-26-19-41-33-31(38)23(5)15-29(34(39)42-28)36(26,33)40/h8-11,13,15,20-21,25,27-33,37-38,40H,12,14,16-19H2,1-7H3/b9-8+,22-11+,24-13+,26-10+/t21-,25-,27+,28-,29-,30-,31+,32+,33?,35-,36+/m0/s1/i3+2,4+2,6+2,9+2,14+2,19+2,21+2,22+2,24+2,26+2,32+2,36+2. The van der Waals surface area contributed by atoms with E-state index < -0.39 is 47.7 Å². The first-order chi connectivity index (χ1) is 20.7. The Hall–Kier alpha value is -2.07. The van der Waals surface area contributed by atoms with Gasteiger partial charge in [0.2, 0.25) is 0 Å². The Kier molecular flexibility index (Phi) is 9.82. The summed E-state index contributed by atoms with van der Waals surface area (Å²) in [4.78, 5) is 14.0. The van der Waals surface area contributed by atoms with Crippen molar-refractivity contribution in [1.29, 1.82) is 0 Å². The fourth-order valence-electron chi connectivity index (χ4n) is 7.85. The number of carbonyl (C=O) groups is 1. The summed E-state index contributed by atoms with van der Waals surface area (Å²) < 4.78 is 25.7. The van der Waals surface area contributed by atoms with Crippen molar-refractivity contribution in [2.24, 2.45) is 23.7 Å².